The predicted molar refractivity (Wildman–Crippen MR) is 56.2 cm³/mol. The summed E-state index contributed by atoms with van der Waals surface area (Å²) in [4.78, 5) is 0. The van der Waals surface area contributed by atoms with E-state index in [1.165, 1.54) is 0 Å². The molecule has 1 unspecified atom stereocenters. The van der Waals surface area contributed by atoms with Gasteiger partial charge in [-0.3, -0.25) is 4.68 Å². The number of furan rings is 1. The predicted octanol–water partition coefficient (Wildman–Crippen LogP) is 2.12. The van der Waals surface area contributed by atoms with E-state index in [0.717, 1.165) is 11.3 Å². The van der Waals surface area contributed by atoms with Crippen LogP contribution in [0.5, 0.6) is 0 Å². The van der Waals surface area contributed by atoms with Crippen molar-refractivity contribution in [2.75, 3.05) is 0 Å². The molecule has 80 valence electrons. The Labute approximate surface area is 88.1 Å². The Hall–Kier alpha value is -1.55. The van der Waals surface area contributed by atoms with E-state index < -0.39 is 6.10 Å². The van der Waals surface area contributed by atoms with Crippen molar-refractivity contribution >= 4 is 0 Å². The normalized spacial score (nSPS) is 13.0. The zero-order chi connectivity index (χ0) is 10.8. The van der Waals surface area contributed by atoms with E-state index in [4.69, 9.17) is 4.42 Å². The van der Waals surface area contributed by atoms with E-state index in [0.29, 0.717) is 12.2 Å². The highest BCUT2D eigenvalue weighted by atomic mass is 16.4. The number of aryl methyl sites for hydroxylation is 1. The fourth-order valence-electron chi connectivity index (χ4n) is 1.44. The minimum Gasteiger partial charge on any atom is -0.458 e. The highest BCUT2D eigenvalue weighted by Crippen LogP contribution is 2.25. The van der Waals surface area contributed by atoms with Crippen LogP contribution in [0.25, 0.3) is 11.3 Å². The molecule has 0 amide bonds. The maximum atomic E-state index is 9.58. The number of hydrogen-bond donors (Lipinski definition) is 1. The van der Waals surface area contributed by atoms with E-state index in [9.17, 15) is 5.11 Å². The first-order valence-corrected chi connectivity index (χ1v) is 4.97. The zero-order valence-electron chi connectivity index (χ0n) is 8.84. The van der Waals surface area contributed by atoms with Crippen LogP contribution in [0.2, 0.25) is 0 Å². The van der Waals surface area contributed by atoms with Gasteiger partial charge in [0.2, 0.25) is 0 Å². The van der Waals surface area contributed by atoms with Crippen molar-refractivity contribution in [2.45, 2.75) is 19.4 Å². The van der Waals surface area contributed by atoms with Gasteiger partial charge in [0.05, 0.1) is 11.8 Å². The van der Waals surface area contributed by atoms with Crippen LogP contribution in [0.15, 0.2) is 28.9 Å². The highest BCUT2D eigenvalue weighted by molar-refractivity contribution is 5.55. The molecule has 2 aromatic rings. The van der Waals surface area contributed by atoms with Gasteiger partial charge in [-0.05, 0) is 18.6 Å². The molecule has 0 saturated heterocycles. The van der Waals surface area contributed by atoms with Gasteiger partial charge in [-0.1, -0.05) is 6.92 Å². The van der Waals surface area contributed by atoms with Gasteiger partial charge in [-0.15, -0.1) is 0 Å². The van der Waals surface area contributed by atoms with Crippen LogP contribution in [0, 0.1) is 0 Å². The molecule has 0 fully saturated rings. The lowest BCUT2D eigenvalue weighted by atomic mass is 10.2. The lowest BCUT2D eigenvalue weighted by Crippen LogP contribution is -1.91. The van der Waals surface area contributed by atoms with E-state index in [1.807, 2.05) is 26.2 Å². The summed E-state index contributed by atoms with van der Waals surface area (Å²) in [6, 6.07) is 3.65. The number of aliphatic hydroxyl groups excluding tert-OH is 1. The lowest BCUT2D eigenvalue weighted by molar-refractivity contribution is 0.147. The van der Waals surface area contributed by atoms with Crippen LogP contribution in [0.3, 0.4) is 0 Å². The molecule has 0 aromatic carbocycles. The Bertz CT molecular complexity index is 445. The molecule has 0 aliphatic carbocycles. The molecule has 1 atom stereocenters. The summed E-state index contributed by atoms with van der Waals surface area (Å²) in [5, 5.41) is 13.6. The van der Waals surface area contributed by atoms with Gasteiger partial charge in [0.25, 0.3) is 0 Å². The van der Waals surface area contributed by atoms with Crippen LogP contribution in [-0.2, 0) is 7.05 Å². The zero-order valence-corrected chi connectivity index (χ0v) is 8.84. The molecule has 2 aromatic heterocycles. The van der Waals surface area contributed by atoms with Gasteiger partial charge in [-0.25, -0.2) is 0 Å². The van der Waals surface area contributed by atoms with Gasteiger partial charge < -0.3 is 9.52 Å². The minimum absolute atomic E-state index is 0.518. The second kappa shape index (κ2) is 3.90. The van der Waals surface area contributed by atoms with E-state index in [-0.39, 0.29) is 0 Å². The van der Waals surface area contributed by atoms with Crippen LogP contribution < -0.4 is 0 Å². The number of nitrogens with zero attached hydrogens (tertiary/aromatic N) is 2. The van der Waals surface area contributed by atoms with Crippen LogP contribution >= 0.6 is 0 Å². The Kier molecular flexibility index (Phi) is 2.60. The molecule has 2 rings (SSSR count). The summed E-state index contributed by atoms with van der Waals surface area (Å²) in [7, 11) is 1.86. The summed E-state index contributed by atoms with van der Waals surface area (Å²) < 4.78 is 7.25. The van der Waals surface area contributed by atoms with E-state index in [2.05, 4.69) is 5.10 Å². The Morgan fingerprint density at radius 2 is 2.33 bits per heavy atom. The molecule has 15 heavy (non-hydrogen) atoms. The molecule has 4 heteroatoms. The Morgan fingerprint density at radius 1 is 1.53 bits per heavy atom. The van der Waals surface area contributed by atoms with Crippen molar-refractivity contribution < 1.29 is 9.52 Å². The quantitative estimate of drug-likeness (QED) is 0.836. The number of aromatic nitrogens is 2. The van der Waals surface area contributed by atoms with Crippen LogP contribution in [0.1, 0.15) is 25.2 Å². The van der Waals surface area contributed by atoms with Crippen LogP contribution in [0.4, 0.5) is 0 Å². The molecular weight excluding hydrogens is 192 g/mol. The first-order valence-electron chi connectivity index (χ1n) is 4.97. The van der Waals surface area contributed by atoms with Gasteiger partial charge in [0.15, 0.2) is 0 Å². The monoisotopic (exact) mass is 206 g/mol. The van der Waals surface area contributed by atoms with Crippen molar-refractivity contribution in [2.24, 2.45) is 7.05 Å². The average molecular weight is 206 g/mol. The topological polar surface area (TPSA) is 51.2 Å². The van der Waals surface area contributed by atoms with Crippen molar-refractivity contribution in [3.05, 3.63) is 30.3 Å². The number of hydrogen-bond acceptors (Lipinski definition) is 3. The van der Waals surface area contributed by atoms with Gasteiger partial charge in [-0.2, -0.15) is 5.10 Å². The number of aliphatic hydroxyl groups is 1. The molecule has 0 saturated carbocycles. The van der Waals surface area contributed by atoms with Crippen molar-refractivity contribution in [3.8, 4) is 11.3 Å². The summed E-state index contributed by atoms with van der Waals surface area (Å²) in [5.74, 6) is 1.35. The third-order valence-electron chi connectivity index (χ3n) is 2.33. The highest BCUT2D eigenvalue weighted by Gasteiger charge is 2.11. The summed E-state index contributed by atoms with van der Waals surface area (Å²) >= 11 is 0. The molecule has 0 bridgehead atoms. The number of rotatable bonds is 3. The molecule has 4 nitrogen and oxygen atoms in total. The van der Waals surface area contributed by atoms with Gasteiger partial charge >= 0.3 is 0 Å². The first-order chi connectivity index (χ1) is 7.20. The maximum absolute atomic E-state index is 9.58. The Balaban J connectivity index is 2.27. The van der Waals surface area contributed by atoms with Gasteiger partial charge in [0.1, 0.15) is 17.6 Å². The SMILES string of the molecule is CCC(O)c1ccc(-c2cnn(C)c2)o1. The largest absolute Gasteiger partial charge is 0.458 e. The molecule has 0 aliphatic heterocycles. The van der Waals surface area contributed by atoms with Crippen molar-refractivity contribution in [1.29, 1.82) is 0 Å². The standard InChI is InChI=1S/C11H14N2O2/c1-3-9(14)11-5-4-10(15-11)8-6-12-13(2)7-8/h4-7,9,14H,3H2,1-2H3. The Morgan fingerprint density at radius 3 is 2.93 bits per heavy atom. The van der Waals surface area contributed by atoms with Crippen LogP contribution in [-0.4, -0.2) is 14.9 Å². The van der Waals surface area contributed by atoms with Crippen molar-refractivity contribution in [3.63, 3.8) is 0 Å². The minimum atomic E-state index is -0.518. The summed E-state index contributed by atoms with van der Waals surface area (Å²) in [6.45, 7) is 1.91. The fourth-order valence-corrected chi connectivity index (χ4v) is 1.44. The third kappa shape index (κ3) is 1.94. The van der Waals surface area contributed by atoms with E-state index >= 15 is 0 Å². The molecular formula is C11H14N2O2. The molecule has 0 spiro atoms. The maximum Gasteiger partial charge on any atom is 0.137 e. The second-order valence-corrected chi connectivity index (χ2v) is 3.53. The second-order valence-electron chi connectivity index (χ2n) is 3.53. The molecule has 0 radical (unpaired) electrons. The fraction of sp³-hybridized carbons (Fsp3) is 0.364. The third-order valence-corrected chi connectivity index (χ3v) is 2.33. The summed E-state index contributed by atoms with van der Waals surface area (Å²) in [5.41, 5.74) is 0.923. The smallest absolute Gasteiger partial charge is 0.137 e. The van der Waals surface area contributed by atoms with Crippen molar-refractivity contribution in [1.82, 2.24) is 9.78 Å². The van der Waals surface area contributed by atoms with E-state index in [1.54, 1.807) is 16.9 Å². The molecule has 1 N–H and O–H groups in total. The lowest BCUT2D eigenvalue weighted by Gasteiger charge is -2.01. The first kappa shape index (κ1) is 9.98. The van der Waals surface area contributed by atoms with Gasteiger partial charge in [0, 0.05) is 13.2 Å². The average Bonchev–Trinajstić information content (AvgIpc) is 2.84. The summed E-state index contributed by atoms with van der Waals surface area (Å²) in [6.07, 6.45) is 3.75. The molecule has 2 heterocycles. The molecule has 0 aliphatic rings.